The Morgan fingerprint density at radius 3 is 2.88 bits per heavy atom. The normalized spacial score (nSPS) is 11.4. The van der Waals surface area contributed by atoms with Gasteiger partial charge in [0.15, 0.2) is 5.82 Å². The van der Waals surface area contributed by atoms with Crippen molar-refractivity contribution in [3.05, 3.63) is 22.8 Å². The first-order valence-corrected chi connectivity index (χ1v) is 7.25. The van der Waals surface area contributed by atoms with Crippen LogP contribution in [-0.4, -0.2) is 32.7 Å². The monoisotopic (exact) mass is 307 g/mol. The minimum atomic E-state index is -3.31. The fourth-order valence-corrected chi connectivity index (χ4v) is 2.67. The van der Waals surface area contributed by atoms with Crippen molar-refractivity contribution in [3.8, 4) is 0 Å². The third-order valence-corrected chi connectivity index (χ3v) is 3.82. The van der Waals surface area contributed by atoms with Crippen LogP contribution in [0.3, 0.4) is 0 Å². The summed E-state index contributed by atoms with van der Waals surface area (Å²) in [6.45, 7) is 0.671. The molecule has 2 N–H and O–H groups in total. The molecule has 0 saturated carbocycles. The largest absolute Gasteiger partial charge is 0.320 e. The summed E-state index contributed by atoms with van der Waals surface area (Å²) in [6.07, 6.45) is 2.10. The summed E-state index contributed by atoms with van der Waals surface area (Å²) in [4.78, 5) is 3.94. The Balaban J connectivity index is 2.63. The van der Waals surface area contributed by atoms with E-state index in [9.17, 15) is 8.42 Å². The van der Waals surface area contributed by atoms with Crippen molar-refractivity contribution in [3.63, 3.8) is 0 Å². The summed E-state index contributed by atoms with van der Waals surface area (Å²) in [7, 11) is -1.52. The van der Waals surface area contributed by atoms with Crippen molar-refractivity contribution >= 4 is 31.8 Å². The zero-order chi connectivity index (χ0) is 12.0. The van der Waals surface area contributed by atoms with Crippen molar-refractivity contribution in [1.82, 2.24) is 10.3 Å². The highest BCUT2D eigenvalue weighted by molar-refractivity contribution is 9.10. The fourth-order valence-electron chi connectivity index (χ4n) is 1.10. The van der Waals surface area contributed by atoms with Crippen LogP contribution in [0.4, 0.5) is 5.82 Å². The Morgan fingerprint density at radius 1 is 1.50 bits per heavy atom. The number of rotatable bonds is 6. The van der Waals surface area contributed by atoms with Crippen molar-refractivity contribution in [2.24, 2.45) is 0 Å². The minimum Gasteiger partial charge on any atom is -0.320 e. The first kappa shape index (κ1) is 13.4. The van der Waals surface area contributed by atoms with Gasteiger partial charge in [-0.25, -0.2) is 13.4 Å². The third kappa shape index (κ3) is 4.46. The fraction of sp³-hybridized carbons (Fsp3) is 0.444. The van der Waals surface area contributed by atoms with Gasteiger partial charge in [0, 0.05) is 6.20 Å². The molecule has 0 aliphatic rings. The topological polar surface area (TPSA) is 71.1 Å². The molecule has 90 valence electrons. The van der Waals surface area contributed by atoms with E-state index in [1.54, 1.807) is 19.2 Å². The van der Waals surface area contributed by atoms with E-state index in [-0.39, 0.29) is 5.75 Å². The Labute approximate surface area is 104 Å². The zero-order valence-corrected chi connectivity index (χ0v) is 11.3. The highest BCUT2D eigenvalue weighted by Gasteiger charge is 2.12. The minimum absolute atomic E-state index is 0.0802. The molecule has 0 radical (unpaired) electrons. The van der Waals surface area contributed by atoms with Crippen LogP contribution in [0.25, 0.3) is 0 Å². The Morgan fingerprint density at radius 2 is 2.25 bits per heavy atom. The van der Waals surface area contributed by atoms with E-state index in [0.717, 1.165) is 0 Å². The molecule has 7 heteroatoms. The highest BCUT2D eigenvalue weighted by Crippen LogP contribution is 2.19. The van der Waals surface area contributed by atoms with Gasteiger partial charge in [-0.1, -0.05) is 0 Å². The maximum absolute atomic E-state index is 11.6. The molecule has 16 heavy (non-hydrogen) atoms. The van der Waals surface area contributed by atoms with Gasteiger partial charge >= 0.3 is 0 Å². The predicted molar refractivity (Wildman–Crippen MR) is 67.9 cm³/mol. The standard InChI is InChI=1S/C9H14BrN3O2S/c1-11-5-3-7-16(14,15)13-9-8(10)4-2-6-12-9/h2,4,6,11H,3,5,7H2,1H3,(H,12,13). The van der Waals surface area contributed by atoms with Crippen molar-refractivity contribution in [1.29, 1.82) is 0 Å². The van der Waals surface area contributed by atoms with Crippen LogP contribution in [0.15, 0.2) is 22.8 Å². The molecule has 0 unspecified atom stereocenters. The maximum atomic E-state index is 11.6. The van der Waals surface area contributed by atoms with Gasteiger partial charge in [0.25, 0.3) is 0 Å². The molecule has 1 aromatic rings. The van der Waals surface area contributed by atoms with Gasteiger partial charge in [-0.15, -0.1) is 0 Å². The summed E-state index contributed by atoms with van der Waals surface area (Å²) >= 11 is 3.23. The number of sulfonamides is 1. The second kappa shape index (κ2) is 6.17. The molecule has 0 aliphatic heterocycles. The number of pyridine rings is 1. The molecular weight excluding hydrogens is 294 g/mol. The lowest BCUT2D eigenvalue weighted by atomic mass is 10.5. The Bertz CT molecular complexity index is 436. The van der Waals surface area contributed by atoms with E-state index in [4.69, 9.17) is 0 Å². The third-order valence-electron chi connectivity index (χ3n) is 1.85. The SMILES string of the molecule is CNCCCS(=O)(=O)Nc1ncccc1Br. The van der Waals surface area contributed by atoms with Crippen LogP contribution in [0.5, 0.6) is 0 Å². The molecule has 0 amide bonds. The van der Waals surface area contributed by atoms with Crippen LogP contribution in [0.2, 0.25) is 0 Å². The van der Waals surface area contributed by atoms with E-state index in [2.05, 4.69) is 31.0 Å². The molecule has 1 rings (SSSR count). The molecule has 5 nitrogen and oxygen atoms in total. The van der Waals surface area contributed by atoms with E-state index in [0.29, 0.717) is 23.3 Å². The van der Waals surface area contributed by atoms with Gasteiger partial charge in [-0.05, 0) is 48.1 Å². The molecule has 0 aliphatic carbocycles. The lowest BCUT2D eigenvalue weighted by Crippen LogP contribution is -2.20. The van der Waals surface area contributed by atoms with E-state index >= 15 is 0 Å². The molecule has 0 atom stereocenters. The maximum Gasteiger partial charge on any atom is 0.233 e. The van der Waals surface area contributed by atoms with Crippen molar-refractivity contribution < 1.29 is 8.42 Å². The Kier molecular flexibility index (Phi) is 5.17. The molecule has 0 saturated heterocycles. The van der Waals surface area contributed by atoms with Crippen LogP contribution in [0.1, 0.15) is 6.42 Å². The van der Waals surface area contributed by atoms with Crippen LogP contribution >= 0.6 is 15.9 Å². The van der Waals surface area contributed by atoms with Crippen molar-refractivity contribution in [2.45, 2.75) is 6.42 Å². The van der Waals surface area contributed by atoms with E-state index < -0.39 is 10.0 Å². The number of aromatic nitrogens is 1. The number of halogens is 1. The summed E-state index contributed by atoms with van der Waals surface area (Å²) in [6, 6.07) is 3.46. The molecule has 1 aromatic heterocycles. The van der Waals surface area contributed by atoms with Gasteiger partial charge in [0.2, 0.25) is 10.0 Å². The number of hydrogen-bond donors (Lipinski definition) is 2. The van der Waals surface area contributed by atoms with Gasteiger partial charge in [-0.3, -0.25) is 4.72 Å². The van der Waals surface area contributed by atoms with Gasteiger partial charge in [-0.2, -0.15) is 0 Å². The average molecular weight is 308 g/mol. The summed E-state index contributed by atoms with van der Waals surface area (Å²) in [5.74, 6) is 0.406. The molecule has 0 fully saturated rings. The highest BCUT2D eigenvalue weighted by atomic mass is 79.9. The predicted octanol–water partition coefficient (Wildman–Crippen LogP) is 1.20. The first-order chi connectivity index (χ1) is 7.55. The Hall–Kier alpha value is -0.660. The van der Waals surface area contributed by atoms with Crippen molar-refractivity contribution in [2.75, 3.05) is 24.1 Å². The molecular formula is C9H14BrN3O2S. The van der Waals surface area contributed by atoms with Crippen LogP contribution in [-0.2, 0) is 10.0 Å². The molecule has 0 spiro atoms. The van der Waals surface area contributed by atoms with Crippen LogP contribution < -0.4 is 10.0 Å². The molecule has 1 heterocycles. The lowest BCUT2D eigenvalue weighted by molar-refractivity contribution is 0.596. The summed E-state index contributed by atoms with van der Waals surface area (Å²) < 4.78 is 26.3. The second-order valence-electron chi connectivity index (χ2n) is 3.21. The summed E-state index contributed by atoms with van der Waals surface area (Å²) in [5, 5.41) is 2.90. The molecule has 0 aromatic carbocycles. The average Bonchev–Trinajstić information content (AvgIpc) is 2.21. The van der Waals surface area contributed by atoms with Gasteiger partial charge < -0.3 is 5.32 Å². The number of nitrogens with one attached hydrogen (secondary N) is 2. The van der Waals surface area contributed by atoms with Gasteiger partial charge in [0.1, 0.15) is 0 Å². The second-order valence-corrected chi connectivity index (χ2v) is 5.91. The number of anilines is 1. The van der Waals surface area contributed by atoms with Crippen LogP contribution in [0, 0.1) is 0 Å². The number of nitrogens with zero attached hydrogens (tertiary/aromatic N) is 1. The lowest BCUT2D eigenvalue weighted by Gasteiger charge is -2.08. The van der Waals surface area contributed by atoms with E-state index in [1.165, 1.54) is 6.20 Å². The first-order valence-electron chi connectivity index (χ1n) is 4.81. The van der Waals surface area contributed by atoms with E-state index in [1.807, 2.05) is 0 Å². The number of hydrogen-bond acceptors (Lipinski definition) is 4. The summed E-state index contributed by atoms with van der Waals surface area (Å²) in [5.41, 5.74) is 0. The smallest absolute Gasteiger partial charge is 0.233 e. The molecule has 0 bridgehead atoms. The zero-order valence-electron chi connectivity index (χ0n) is 8.90. The quantitative estimate of drug-likeness (QED) is 0.775. The van der Waals surface area contributed by atoms with Gasteiger partial charge in [0.05, 0.1) is 10.2 Å².